The van der Waals surface area contributed by atoms with E-state index in [0.29, 0.717) is 36.8 Å². The van der Waals surface area contributed by atoms with Gasteiger partial charge in [-0.25, -0.2) is 0 Å². The SMILES string of the molecule is COc1ccc([C@H]2CC(=O)N(c3cccc(N)c3)C2)cc1OCc1ccc(C)cc1. The maximum absolute atomic E-state index is 12.6. The van der Waals surface area contributed by atoms with Crippen LogP contribution in [0.5, 0.6) is 11.5 Å². The number of methoxy groups -OCH3 is 1. The molecule has 0 radical (unpaired) electrons. The molecule has 5 heteroatoms. The summed E-state index contributed by atoms with van der Waals surface area (Å²) in [7, 11) is 1.63. The number of rotatable bonds is 6. The van der Waals surface area contributed by atoms with Gasteiger partial charge >= 0.3 is 0 Å². The summed E-state index contributed by atoms with van der Waals surface area (Å²) in [4.78, 5) is 14.4. The van der Waals surface area contributed by atoms with Gasteiger partial charge in [-0.3, -0.25) is 4.79 Å². The molecule has 154 valence electrons. The summed E-state index contributed by atoms with van der Waals surface area (Å²) in [6.45, 7) is 3.14. The number of benzene rings is 3. The van der Waals surface area contributed by atoms with E-state index in [9.17, 15) is 4.79 Å². The Labute approximate surface area is 177 Å². The third-order valence-electron chi connectivity index (χ3n) is 5.48. The molecule has 1 aliphatic rings. The number of aryl methyl sites for hydroxylation is 1. The second-order valence-electron chi connectivity index (χ2n) is 7.68. The van der Waals surface area contributed by atoms with Gasteiger partial charge in [0, 0.05) is 30.3 Å². The van der Waals surface area contributed by atoms with Crippen molar-refractivity contribution in [2.75, 3.05) is 24.3 Å². The number of carbonyl (C=O) groups is 1. The Hall–Kier alpha value is -3.47. The summed E-state index contributed by atoms with van der Waals surface area (Å²) < 4.78 is 11.5. The van der Waals surface area contributed by atoms with E-state index in [1.54, 1.807) is 12.0 Å². The summed E-state index contributed by atoms with van der Waals surface area (Å²) in [5, 5.41) is 0. The lowest BCUT2D eigenvalue weighted by Gasteiger charge is -2.18. The van der Waals surface area contributed by atoms with E-state index >= 15 is 0 Å². The highest BCUT2D eigenvalue weighted by Gasteiger charge is 2.32. The number of anilines is 2. The molecule has 1 aliphatic heterocycles. The molecule has 3 aromatic carbocycles. The normalized spacial score (nSPS) is 16.0. The van der Waals surface area contributed by atoms with Crippen LogP contribution in [0.25, 0.3) is 0 Å². The van der Waals surface area contributed by atoms with Crippen LogP contribution in [0, 0.1) is 6.92 Å². The minimum absolute atomic E-state index is 0.0894. The molecule has 0 bridgehead atoms. The second kappa shape index (κ2) is 8.49. The van der Waals surface area contributed by atoms with Crippen molar-refractivity contribution in [3.8, 4) is 11.5 Å². The highest BCUT2D eigenvalue weighted by atomic mass is 16.5. The van der Waals surface area contributed by atoms with Crippen LogP contribution in [0.3, 0.4) is 0 Å². The minimum Gasteiger partial charge on any atom is -0.493 e. The number of nitrogens with zero attached hydrogens (tertiary/aromatic N) is 1. The fourth-order valence-electron chi connectivity index (χ4n) is 3.78. The lowest BCUT2D eigenvalue weighted by atomic mass is 9.98. The molecule has 0 aliphatic carbocycles. The lowest BCUT2D eigenvalue weighted by molar-refractivity contribution is -0.117. The number of ether oxygens (including phenoxy) is 2. The van der Waals surface area contributed by atoms with Gasteiger partial charge in [0.1, 0.15) is 6.61 Å². The number of hydrogen-bond donors (Lipinski definition) is 1. The van der Waals surface area contributed by atoms with Gasteiger partial charge in [0.15, 0.2) is 11.5 Å². The van der Waals surface area contributed by atoms with Gasteiger partial charge in [-0.1, -0.05) is 42.0 Å². The van der Waals surface area contributed by atoms with Crippen molar-refractivity contribution in [3.63, 3.8) is 0 Å². The van der Waals surface area contributed by atoms with Crippen molar-refractivity contribution in [3.05, 3.63) is 83.4 Å². The Morgan fingerprint density at radius 3 is 2.57 bits per heavy atom. The molecule has 5 nitrogen and oxygen atoms in total. The zero-order valence-corrected chi connectivity index (χ0v) is 17.3. The second-order valence-corrected chi connectivity index (χ2v) is 7.68. The Bertz CT molecular complexity index is 1050. The zero-order valence-electron chi connectivity index (χ0n) is 17.3. The number of nitrogens with two attached hydrogens (primary N) is 1. The lowest BCUT2D eigenvalue weighted by Crippen LogP contribution is -2.24. The first-order chi connectivity index (χ1) is 14.5. The maximum atomic E-state index is 12.6. The van der Waals surface area contributed by atoms with E-state index in [0.717, 1.165) is 16.8 Å². The highest BCUT2D eigenvalue weighted by Crippen LogP contribution is 2.37. The third kappa shape index (κ3) is 4.25. The molecule has 0 aromatic heterocycles. The number of nitrogen functional groups attached to an aromatic ring is 1. The molecule has 3 aromatic rings. The standard InChI is InChI=1S/C25H26N2O3/c1-17-6-8-18(9-7-17)16-30-24-12-19(10-11-23(24)29-2)20-13-25(28)27(15-20)22-5-3-4-21(26)14-22/h3-12,14,20H,13,15-16,26H2,1-2H3/t20-/m0/s1. The molecule has 1 saturated heterocycles. The molecular weight excluding hydrogens is 376 g/mol. The Balaban J connectivity index is 1.52. The zero-order chi connectivity index (χ0) is 21.1. The van der Waals surface area contributed by atoms with Crippen LogP contribution in [0.4, 0.5) is 11.4 Å². The summed E-state index contributed by atoms with van der Waals surface area (Å²) in [5.41, 5.74) is 10.8. The molecule has 2 N–H and O–H groups in total. The summed E-state index contributed by atoms with van der Waals surface area (Å²) in [6.07, 6.45) is 0.457. The average molecular weight is 402 g/mol. The molecule has 0 saturated carbocycles. The van der Waals surface area contributed by atoms with E-state index < -0.39 is 0 Å². The Morgan fingerprint density at radius 2 is 1.83 bits per heavy atom. The molecule has 30 heavy (non-hydrogen) atoms. The monoisotopic (exact) mass is 402 g/mol. The van der Waals surface area contributed by atoms with Gasteiger partial charge in [-0.15, -0.1) is 0 Å². The summed E-state index contributed by atoms with van der Waals surface area (Å²) >= 11 is 0. The molecular formula is C25H26N2O3. The van der Waals surface area contributed by atoms with Crippen LogP contribution in [-0.4, -0.2) is 19.6 Å². The quantitative estimate of drug-likeness (QED) is 0.608. The molecule has 1 amide bonds. The van der Waals surface area contributed by atoms with Gasteiger partial charge < -0.3 is 20.1 Å². The van der Waals surface area contributed by atoms with E-state index in [-0.39, 0.29) is 11.8 Å². The smallest absolute Gasteiger partial charge is 0.227 e. The van der Waals surface area contributed by atoms with Crippen molar-refractivity contribution < 1.29 is 14.3 Å². The first-order valence-corrected chi connectivity index (χ1v) is 10.1. The Kier molecular flexibility index (Phi) is 5.61. The fraction of sp³-hybridized carbons (Fsp3) is 0.240. The van der Waals surface area contributed by atoms with E-state index in [4.69, 9.17) is 15.2 Å². The first kappa shape index (κ1) is 19.8. The molecule has 0 unspecified atom stereocenters. The number of amides is 1. The topological polar surface area (TPSA) is 64.8 Å². The van der Waals surface area contributed by atoms with Crippen LogP contribution in [-0.2, 0) is 11.4 Å². The van der Waals surface area contributed by atoms with Crippen molar-refractivity contribution in [1.29, 1.82) is 0 Å². The summed E-state index contributed by atoms with van der Waals surface area (Å²) in [5.74, 6) is 1.56. The summed E-state index contributed by atoms with van der Waals surface area (Å²) in [6, 6.07) is 21.6. The number of carbonyl (C=O) groups excluding carboxylic acids is 1. The van der Waals surface area contributed by atoms with Gasteiger partial charge in [-0.2, -0.15) is 0 Å². The predicted molar refractivity (Wildman–Crippen MR) is 119 cm³/mol. The molecule has 1 fully saturated rings. The first-order valence-electron chi connectivity index (χ1n) is 10.1. The van der Waals surface area contributed by atoms with Gasteiger partial charge in [0.2, 0.25) is 5.91 Å². The van der Waals surface area contributed by atoms with Gasteiger partial charge in [0.05, 0.1) is 7.11 Å². The predicted octanol–water partition coefficient (Wildman–Crippen LogP) is 4.69. The van der Waals surface area contributed by atoms with Crippen LogP contribution in [0.1, 0.15) is 29.0 Å². The van der Waals surface area contributed by atoms with Crippen molar-refractivity contribution in [2.45, 2.75) is 25.9 Å². The van der Waals surface area contributed by atoms with Gasteiger partial charge in [-0.05, 0) is 48.4 Å². The highest BCUT2D eigenvalue weighted by molar-refractivity contribution is 5.96. The molecule has 4 rings (SSSR count). The van der Waals surface area contributed by atoms with Gasteiger partial charge in [0.25, 0.3) is 0 Å². The molecule has 1 heterocycles. The minimum atomic E-state index is 0.0894. The maximum Gasteiger partial charge on any atom is 0.227 e. The third-order valence-corrected chi connectivity index (χ3v) is 5.48. The average Bonchev–Trinajstić information content (AvgIpc) is 3.15. The number of hydrogen-bond acceptors (Lipinski definition) is 4. The van der Waals surface area contributed by atoms with E-state index in [1.165, 1.54) is 5.56 Å². The molecule has 0 spiro atoms. The molecule has 1 atom stereocenters. The Morgan fingerprint density at radius 1 is 1.03 bits per heavy atom. The van der Waals surface area contributed by atoms with Crippen LogP contribution >= 0.6 is 0 Å². The van der Waals surface area contributed by atoms with Crippen LogP contribution in [0.15, 0.2) is 66.7 Å². The van der Waals surface area contributed by atoms with E-state index in [1.807, 2.05) is 42.5 Å². The van der Waals surface area contributed by atoms with Crippen LogP contribution in [0.2, 0.25) is 0 Å². The van der Waals surface area contributed by atoms with Crippen molar-refractivity contribution >= 4 is 17.3 Å². The van der Waals surface area contributed by atoms with Crippen molar-refractivity contribution in [1.82, 2.24) is 0 Å². The van der Waals surface area contributed by atoms with Crippen LogP contribution < -0.4 is 20.1 Å². The fourth-order valence-corrected chi connectivity index (χ4v) is 3.78. The van der Waals surface area contributed by atoms with E-state index in [2.05, 4.69) is 31.2 Å². The van der Waals surface area contributed by atoms with Crippen molar-refractivity contribution in [2.24, 2.45) is 0 Å². The largest absolute Gasteiger partial charge is 0.493 e.